The fourth-order valence-corrected chi connectivity index (χ4v) is 5.26. The minimum atomic E-state index is -0.126. The molecule has 3 aliphatic rings. The van der Waals surface area contributed by atoms with Crippen LogP contribution in [-0.2, 0) is 16.6 Å². The topological polar surface area (TPSA) is 18.5 Å². The zero-order valence-corrected chi connectivity index (χ0v) is 14.4. The lowest BCUT2D eigenvalue weighted by Gasteiger charge is -2.48. The molecule has 1 fully saturated rings. The highest BCUT2D eigenvalue weighted by atomic mass is 16.5. The third-order valence-electron chi connectivity index (χ3n) is 6.61. The molecule has 1 saturated carbocycles. The van der Waals surface area contributed by atoms with Crippen LogP contribution in [0.3, 0.4) is 0 Å². The summed E-state index contributed by atoms with van der Waals surface area (Å²) >= 11 is 0. The predicted octanol–water partition coefficient (Wildman–Crippen LogP) is 4.13. The summed E-state index contributed by atoms with van der Waals surface area (Å²) in [5, 5.41) is -0.126. The second-order valence-corrected chi connectivity index (χ2v) is 7.73. The van der Waals surface area contributed by atoms with Crippen molar-refractivity contribution < 1.29 is 9.47 Å². The molecular weight excluding hydrogens is 283 g/mol. The van der Waals surface area contributed by atoms with E-state index in [1.807, 2.05) is 7.11 Å². The van der Waals surface area contributed by atoms with Crippen LogP contribution < -0.4 is 4.74 Å². The average Bonchev–Trinajstić information content (AvgIpc) is 2.91. The van der Waals surface area contributed by atoms with Gasteiger partial charge in [-0.15, -0.1) is 0 Å². The number of allylic oxidation sites excluding steroid dienone is 1. The van der Waals surface area contributed by atoms with E-state index in [1.165, 1.54) is 16.7 Å². The molecular formula is C20H25BO2. The van der Waals surface area contributed by atoms with Crippen LogP contribution in [0.5, 0.6) is 5.75 Å². The van der Waals surface area contributed by atoms with Gasteiger partial charge in [-0.25, -0.2) is 0 Å². The van der Waals surface area contributed by atoms with E-state index in [2.05, 4.69) is 25.1 Å². The van der Waals surface area contributed by atoms with E-state index in [-0.39, 0.29) is 10.7 Å². The number of rotatable bonds is 2. The fourth-order valence-electron chi connectivity index (χ4n) is 5.26. The van der Waals surface area contributed by atoms with Gasteiger partial charge in [-0.2, -0.15) is 0 Å². The Morgan fingerprint density at radius 2 is 1.96 bits per heavy atom. The van der Waals surface area contributed by atoms with Gasteiger partial charge in [0, 0.05) is 12.5 Å². The van der Waals surface area contributed by atoms with Gasteiger partial charge in [-0.05, 0) is 60.7 Å². The van der Waals surface area contributed by atoms with Gasteiger partial charge in [-0.1, -0.05) is 30.6 Å². The first kappa shape index (κ1) is 15.3. The molecule has 3 heteroatoms. The molecule has 1 aromatic rings. The molecule has 4 rings (SSSR count). The maximum absolute atomic E-state index is 6.80. The quantitative estimate of drug-likeness (QED) is 0.604. The highest BCUT2D eigenvalue weighted by molar-refractivity contribution is 6.18. The SMILES string of the molecule is [B][C@@]12CCC3(C)C(=C1CC(OC)C2)CCc1cc(OC)ccc13. The first-order chi connectivity index (χ1) is 11.0. The Bertz CT molecular complexity index is 680. The molecule has 1 aromatic carbocycles. The maximum atomic E-state index is 6.80. The first-order valence-electron chi connectivity index (χ1n) is 8.72. The van der Waals surface area contributed by atoms with Gasteiger partial charge in [0.25, 0.3) is 0 Å². The zero-order chi connectivity index (χ0) is 16.2. The standard InChI is InChI=1S/C20H25BO2/c1-19-8-9-20(21)12-15(23-3)11-18(20)17(19)6-4-13-10-14(22-2)5-7-16(13)19/h5,7,10,15H,4,6,8-9,11-12H2,1-3H3/t15?,19?,20-/m1/s1. The van der Waals surface area contributed by atoms with Crippen molar-refractivity contribution in [1.29, 1.82) is 0 Å². The van der Waals surface area contributed by atoms with E-state index in [1.54, 1.807) is 12.7 Å². The smallest absolute Gasteiger partial charge is 0.119 e. The molecule has 120 valence electrons. The lowest BCUT2D eigenvalue weighted by Crippen LogP contribution is -2.37. The van der Waals surface area contributed by atoms with Gasteiger partial charge in [0.15, 0.2) is 0 Å². The maximum Gasteiger partial charge on any atom is 0.119 e. The molecule has 2 unspecified atom stereocenters. The van der Waals surface area contributed by atoms with Crippen molar-refractivity contribution in [2.24, 2.45) is 0 Å². The predicted molar refractivity (Wildman–Crippen MR) is 93.4 cm³/mol. The minimum Gasteiger partial charge on any atom is -0.497 e. The fraction of sp³-hybridized carbons (Fsp3) is 0.600. The molecule has 0 aliphatic heterocycles. The molecule has 0 aromatic heterocycles. The van der Waals surface area contributed by atoms with Crippen molar-refractivity contribution in [2.45, 2.75) is 62.3 Å². The molecule has 0 N–H and O–H groups in total. The summed E-state index contributed by atoms with van der Waals surface area (Å²) in [4.78, 5) is 0. The van der Waals surface area contributed by atoms with Crippen molar-refractivity contribution in [3.8, 4) is 5.75 Å². The second kappa shape index (κ2) is 5.14. The van der Waals surface area contributed by atoms with Crippen LogP contribution in [-0.4, -0.2) is 28.2 Å². The Labute approximate surface area is 140 Å². The molecule has 0 saturated heterocycles. The third kappa shape index (κ3) is 2.12. The number of ether oxygens (including phenoxy) is 2. The molecule has 2 radical (unpaired) electrons. The lowest BCUT2D eigenvalue weighted by atomic mass is 9.50. The summed E-state index contributed by atoms with van der Waals surface area (Å²) in [7, 11) is 10.4. The number of benzene rings is 1. The van der Waals surface area contributed by atoms with Crippen molar-refractivity contribution in [3.63, 3.8) is 0 Å². The highest BCUT2D eigenvalue weighted by Crippen LogP contribution is 2.62. The number of hydrogen-bond acceptors (Lipinski definition) is 2. The molecule has 23 heavy (non-hydrogen) atoms. The van der Waals surface area contributed by atoms with Gasteiger partial charge in [0.2, 0.25) is 0 Å². The Balaban J connectivity index is 1.83. The number of methoxy groups -OCH3 is 2. The van der Waals surface area contributed by atoms with E-state index in [4.69, 9.17) is 17.3 Å². The summed E-state index contributed by atoms with van der Waals surface area (Å²) in [6.07, 6.45) is 6.71. The average molecular weight is 308 g/mol. The molecule has 3 aliphatic carbocycles. The number of fused-ring (bicyclic) bond motifs is 4. The summed E-state index contributed by atoms with van der Waals surface area (Å²) < 4.78 is 11.1. The monoisotopic (exact) mass is 308 g/mol. The van der Waals surface area contributed by atoms with Crippen molar-refractivity contribution in [1.82, 2.24) is 0 Å². The Morgan fingerprint density at radius 3 is 2.70 bits per heavy atom. The minimum absolute atomic E-state index is 0.126. The van der Waals surface area contributed by atoms with E-state index in [0.717, 1.165) is 44.3 Å². The van der Waals surface area contributed by atoms with Crippen molar-refractivity contribution >= 4 is 7.85 Å². The van der Waals surface area contributed by atoms with E-state index in [0.29, 0.717) is 6.10 Å². The number of hydrogen-bond donors (Lipinski definition) is 0. The van der Waals surface area contributed by atoms with Crippen LogP contribution in [0.2, 0.25) is 5.31 Å². The number of aryl methyl sites for hydroxylation is 1. The lowest BCUT2D eigenvalue weighted by molar-refractivity contribution is 0.107. The molecule has 0 heterocycles. The van der Waals surface area contributed by atoms with Crippen LogP contribution in [0.25, 0.3) is 0 Å². The largest absolute Gasteiger partial charge is 0.497 e. The summed E-state index contributed by atoms with van der Waals surface area (Å²) in [5.41, 5.74) is 6.17. The Kier molecular flexibility index (Phi) is 3.42. The normalized spacial score (nSPS) is 35.5. The summed E-state index contributed by atoms with van der Waals surface area (Å²) in [5.74, 6) is 0.966. The highest BCUT2D eigenvalue weighted by Gasteiger charge is 2.50. The Hall–Kier alpha value is -1.22. The molecule has 0 bridgehead atoms. The third-order valence-corrected chi connectivity index (χ3v) is 6.61. The molecule has 0 amide bonds. The zero-order valence-electron chi connectivity index (χ0n) is 14.4. The van der Waals surface area contributed by atoms with Gasteiger partial charge in [-0.3, -0.25) is 0 Å². The molecule has 3 atom stereocenters. The Morgan fingerprint density at radius 1 is 1.13 bits per heavy atom. The second-order valence-electron chi connectivity index (χ2n) is 7.73. The van der Waals surface area contributed by atoms with Gasteiger partial charge in [0.05, 0.1) is 21.1 Å². The van der Waals surface area contributed by atoms with Gasteiger partial charge < -0.3 is 9.47 Å². The van der Waals surface area contributed by atoms with Crippen LogP contribution in [0.15, 0.2) is 29.3 Å². The van der Waals surface area contributed by atoms with Crippen LogP contribution in [0, 0.1) is 0 Å². The van der Waals surface area contributed by atoms with Gasteiger partial charge >= 0.3 is 0 Å². The summed E-state index contributed by atoms with van der Waals surface area (Å²) in [6, 6.07) is 6.60. The molecule has 2 nitrogen and oxygen atoms in total. The van der Waals surface area contributed by atoms with Crippen LogP contribution in [0.4, 0.5) is 0 Å². The van der Waals surface area contributed by atoms with Crippen molar-refractivity contribution in [2.75, 3.05) is 14.2 Å². The van der Waals surface area contributed by atoms with Gasteiger partial charge in [0.1, 0.15) is 5.75 Å². The summed E-state index contributed by atoms with van der Waals surface area (Å²) in [6.45, 7) is 2.42. The van der Waals surface area contributed by atoms with E-state index in [9.17, 15) is 0 Å². The van der Waals surface area contributed by atoms with E-state index >= 15 is 0 Å². The molecule has 0 spiro atoms. The van der Waals surface area contributed by atoms with Crippen molar-refractivity contribution in [3.05, 3.63) is 40.5 Å². The van der Waals surface area contributed by atoms with E-state index < -0.39 is 0 Å². The van der Waals surface area contributed by atoms with Crippen LogP contribution in [0.1, 0.15) is 50.2 Å². The van der Waals surface area contributed by atoms with Crippen LogP contribution >= 0.6 is 0 Å². The first-order valence-corrected chi connectivity index (χ1v) is 8.72.